The minimum Gasteiger partial charge on any atom is -0.463 e. The highest BCUT2D eigenvalue weighted by Gasteiger charge is 2.16. The fourth-order valence-corrected chi connectivity index (χ4v) is 0.752. The summed E-state index contributed by atoms with van der Waals surface area (Å²) in [5.74, 6) is -0.915. The summed E-state index contributed by atoms with van der Waals surface area (Å²) in [6, 6.07) is 0. The lowest BCUT2D eigenvalue weighted by Crippen LogP contribution is -2.27. The molecule has 12 heavy (non-hydrogen) atoms. The number of hydrogen-bond acceptors (Lipinski definition) is 5. The molecule has 0 aliphatic rings. The van der Waals surface area contributed by atoms with Crippen LogP contribution in [0.4, 0.5) is 0 Å². The third-order valence-corrected chi connectivity index (χ3v) is 1.43. The summed E-state index contributed by atoms with van der Waals surface area (Å²) in [6.45, 7) is -0.135. The van der Waals surface area contributed by atoms with E-state index >= 15 is 0 Å². The first-order chi connectivity index (χ1) is 5.76. The number of hydrogen-bond donors (Lipinski definition) is 3. The normalized spacial score (nSPS) is 12.6. The second kappa shape index (κ2) is 7.02. The van der Waals surface area contributed by atoms with E-state index < -0.39 is 11.9 Å². The van der Waals surface area contributed by atoms with Gasteiger partial charge < -0.3 is 20.7 Å². The molecule has 72 valence electrons. The van der Waals surface area contributed by atoms with Crippen LogP contribution in [0.15, 0.2) is 0 Å². The molecule has 1 unspecified atom stereocenters. The summed E-state index contributed by atoms with van der Waals surface area (Å²) in [4.78, 5) is 11.0. The maximum absolute atomic E-state index is 11.0. The molecule has 0 saturated carbocycles. The Morgan fingerprint density at radius 2 is 2.08 bits per heavy atom. The molecular weight excluding hydrogens is 162 g/mol. The van der Waals surface area contributed by atoms with E-state index in [1.54, 1.807) is 0 Å². The molecule has 5 nitrogen and oxygen atoms in total. The molecule has 5 heteroatoms. The minimum absolute atomic E-state index is 0.0131. The summed E-state index contributed by atoms with van der Waals surface area (Å²) in [5.41, 5.74) is 5.26. The zero-order valence-electron chi connectivity index (χ0n) is 6.90. The Morgan fingerprint density at radius 3 is 2.50 bits per heavy atom. The van der Waals surface area contributed by atoms with Gasteiger partial charge in [0.2, 0.25) is 0 Å². The second-order valence-corrected chi connectivity index (χ2v) is 2.34. The van der Waals surface area contributed by atoms with Crippen molar-refractivity contribution < 1.29 is 19.7 Å². The molecule has 0 amide bonds. The first-order valence-electron chi connectivity index (χ1n) is 3.84. The fraction of sp³-hybridized carbons (Fsp3) is 0.857. The molecule has 0 aliphatic heterocycles. The molecule has 0 bridgehead atoms. The number of carbonyl (C=O) groups is 1. The Bertz CT molecular complexity index is 129. The van der Waals surface area contributed by atoms with E-state index in [1.807, 2.05) is 0 Å². The topological polar surface area (TPSA) is 92.8 Å². The maximum Gasteiger partial charge on any atom is 0.310 e. The van der Waals surface area contributed by atoms with Crippen LogP contribution in [-0.4, -0.2) is 42.5 Å². The molecule has 0 radical (unpaired) electrons. The van der Waals surface area contributed by atoms with Crippen LogP contribution in [0.1, 0.15) is 6.42 Å². The van der Waals surface area contributed by atoms with Crippen molar-refractivity contribution in [3.8, 4) is 0 Å². The van der Waals surface area contributed by atoms with Crippen LogP contribution in [-0.2, 0) is 9.53 Å². The lowest BCUT2D eigenvalue weighted by molar-refractivity contribution is -0.149. The number of ether oxygens (including phenoxy) is 1. The number of rotatable bonds is 6. The third-order valence-electron chi connectivity index (χ3n) is 1.43. The first-order valence-corrected chi connectivity index (χ1v) is 3.84. The van der Waals surface area contributed by atoms with Crippen molar-refractivity contribution in [1.29, 1.82) is 0 Å². The Kier molecular flexibility index (Phi) is 6.64. The molecule has 1 atom stereocenters. The molecule has 0 heterocycles. The Balaban J connectivity index is 3.69. The van der Waals surface area contributed by atoms with Crippen LogP contribution < -0.4 is 5.73 Å². The van der Waals surface area contributed by atoms with Crippen LogP contribution in [0.25, 0.3) is 0 Å². The number of carbonyl (C=O) groups excluding carboxylic acids is 1. The quantitative estimate of drug-likeness (QED) is 0.428. The van der Waals surface area contributed by atoms with Crippen molar-refractivity contribution in [1.82, 2.24) is 0 Å². The zero-order chi connectivity index (χ0) is 9.40. The van der Waals surface area contributed by atoms with Gasteiger partial charge in [0, 0.05) is 13.2 Å². The molecule has 0 aromatic rings. The summed E-state index contributed by atoms with van der Waals surface area (Å²) in [7, 11) is 0. The summed E-state index contributed by atoms with van der Waals surface area (Å²) < 4.78 is 4.62. The highest BCUT2D eigenvalue weighted by molar-refractivity contribution is 5.72. The standard InChI is InChI=1S/C7H15NO4/c8-5-6(1-2-9)7(11)12-4-3-10/h6,9-10H,1-5,8H2. The third kappa shape index (κ3) is 4.27. The Hall–Kier alpha value is -0.650. The summed E-state index contributed by atoms with van der Waals surface area (Å²) in [6.07, 6.45) is 0.306. The zero-order valence-corrected chi connectivity index (χ0v) is 6.90. The van der Waals surface area contributed by atoms with Crippen LogP contribution in [0.3, 0.4) is 0 Å². The molecule has 0 aliphatic carbocycles. The number of nitrogens with two attached hydrogens (primary N) is 1. The van der Waals surface area contributed by atoms with Gasteiger partial charge in [-0.05, 0) is 6.42 Å². The van der Waals surface area contributed by atoms with E-state index in [9.17, 15) is 4.79 Å². The van der Waals surface area contributed by atoms with Gasteiger partial charge in [0.25, 0.3) is 0 Å². The monoisotopic (exact) mass is 177 g/mol. The first kappa shape index (κ1) is 11.4. The second-order valence-electron chi connectivity index (χ2n) is 2.34. The summed E-state index contributed by atoms with van der Waals surface area (Å²) in [5, 5.41) is 16.9. The number of aliphatic hydroxyl groups is 2. The van der Waals surface area contributed by atoms with E-state index in [0.717, 1.165) is 0 Å². The SMILES string of the molecule is NCC(CCO)C(=O)OCCO. The molecule has 0 aromatic carbocycles. The molecule has 0 rings (SSSR count). The van der Waals surface area contributed by atoms with E-state index in [0.29, 0.717) is 6.42 Å². The smallest absolute Gasteiger partial charge is 0.310 e. The van der Waals surface area contributed by atoms with Crippen molar-refractivity contribution in [2.45, 2.75) is 6.42 Å². The van der Waals surface area contributed by atoms with Crippen LogP contribution in [0.5, 0.6) is 0 Å². The van der Waals surface area contributed by atoms with E-state index in [1.165, 1.54) is 0 Å². The maximum atomic E-state index is 11.0. The largest absolute Gasteiger partial charge is 0.463 e. The van der Waals surface area contributed by atoms with Gasteiger partial charge >= 0.3 is 5.97 Å². The van der Waals surface area contributed by atoms with E-state index in [2.05, 4.69) is 4.74 Å². The van der Waals surface area contributed by atoms with Gasteiger partial charge in [-0.3, -0.25) is 4.79 Å². The van der Waals surface area contributed by atoms with Crippen LogP contribution in [0.2, 0.25) is 0 Å². The Labute approximate surface area is 71.1 Å². The van der Waals surface area contributed by atoms with Gasteiger partial charge in [-0.15, -0.1) is 0 Å². The fourth-order valence-electron chi connectivity index (χ4n) is 0.752. The van der Waals surface area contributed by atoms with E-state index in [4.69, 9.17) is 15.9 Å². The summed E-state index contributed by atoms with van der Waals surface area (Å²) >= 11 is 0. The van der Waals surface area contributed by atoms with Crippen LogP contribution >= 0.6 is 0 Å². The highest BCUT2D eigenvalue weighted by Crippen LogP contribution is 2.02. The van der Waals surface area contributed by atoms with Gasteiger partial charge in [0.1, 0.15) is 6.61 Å². The predicted octanol–water partition coefficient (Wildman–Crippen LogP) is -1.52. The van der Waals surface area contributed by atoms with Gasteiger partial charge in [0.15, 0.2) is 0 Å². The lowest BCUT2D eigenvalue weighted by Gasteiger charge is -2.11. The van der Waals surface area contributed by atoms with Gasteiger partial charge in [-0.2, -0.15) is 0 Å². The molecule has 0 saturated heterocycles. The molecule has 0 aromatic heterocycles. The van der Waals surface area contributed by atoms with Gasteiger partial charge in [-0.25, -0.2) is 0 Å². The number of esters is 1. The highest BCUT2D eigenvalue weighted by atomic mass is 16.5. The van der Waals surface area contributed by atoms with Crippen molar-refractivity contribution in [2.75, 3.05) is 26.4 Å². The average Bonchev–Trinajstić information content (AvgIpc) is 2.10. The van der Waals surface area contributed by atoms with Crippen LogP contribution in [0, 0.1) is 5.92 Å². The van der Waals surface area contributed by atoms with Crippen molar-refractivity contribution in [2.24, 2.45) is 11.7 Å². The Morgan fingerprint density at radius 1 is 1.42 bits per heavy atom. The lowest BCUT2D eigenvalue weighted by atomic mass is 10.1. The number of aliphatic hydroxyl groups excluding tert-OH is 2. The van der Waals surface area contributed by atoms with Gasteiger partial charge in [-0.1, -0.05) is 0 Å². The van der Waals surface area contributed by atoms with E-state index in [-0.39, 0.29) is 26.4 Å². The molecule has 4 N–H and O–H groups in total. The minimum atomic E-state index is -0.458. The molecule has 0 fully saturated rings. The molecular formula is C7H15NO4. The van der Waals surface area contributed by atoms with Crippen molar-refractivity contribution in [3.05, 3.63) is 0 Å². The predicted molar refractivity (Wildman–Crippen MR) is 42.3 cm³/mol. The van der Waals surface area contributed by atoms with Crippen molar-refractivity contribution >= 4 is 5.97 Å². The molecule has 0 spiro atoms. The van der Waals surface area contributed by atoms with Gasteiger partial charge in [0.05, 0.1) is 12.5 Å². The van der Waals surface area contributed by atoms with Crippen molar-refractivity contribution in [3.63, 3.8) is 0 Å². The average molecular weight is 177 g/mol.